The predicted molar refractivity (Wildman–Crippen MR) is 103 cm³/mol. The van der Waals surface area contributed by atoms with Crippen molar-refractivity contribution < 1.29 is 9.53 Å². The van der Waals surface area contributed by atoms with Crippen LogP contribution in [0.2, 0.25) is 0 Å². The van der Waals surface area contributed by atoms with Crippen LogP contribution in [0.3, 0.4) is 0 Å². The van der Waals surface area contributed by atoms with Crippen LogP contribution in [-0.2, 0) is 7.05 Å². The van der Waals surface area contributed by atoms with E-state index in [0.717, 1.165) is 21.4 Å². The standard InChI is InChI=1S/C19H15N3O3S/c1-22-15-6-4-3-5-12(15)13(10-17(22)23)18(24)21-19-20-14-8-7-11(25-2)9-16(14)26-19/h3-10H,1-2H3,(H,20,21,24). The van der Waals surface area contributed by atoms with Crippen molar-refractivity contribution >= 4 is 43.5 Å². The van der Waals surface area contributed by atoms with E-state index >= 15 is 0 Å². The molecule has 7 heteroatoms. The number of aryl methyl sites for hydroxylation is 1. The smallest absolute Gasteiger partial charge is 0.258 e. The number of rotatable bonds is 3. The SMILES string of the molecule is COc1ccc2nc(NC(=O)c3cc(=O)n(C)c4ccccc34)sc2c1. The Kier molecular flexibility index (Phi) is 3.93. The lowest BCUT2D eigenvalue weighted by molar-refractivity contribution is 0.102. The number of carbonyl (C=O) groups is 1. The quantitative estimate of drug-likeness (QED) is 0.604. The molecule has 26 heavy (non-hydrogen) atoms. The van der Waals surface area contributed by atoms with Crippen LogP contribution in [0.4, 0.5) is 5.13 Å². The Morgan fingerprint density at radius 3 is 2.81 bits per heavy atom. The molecule has 0 saturated carbocycles. The molecule has 1 amide bonds. The third kappa shape index (κ3) is 2.72. The van der Waals surface area contributed by atoms with E-state index in [0.29, 0.717) is 16.2 Å². The highest BCUT2D eigenvalue weighted by Crippen LogP contribution is 2.29. The molecule has 4 aromatic rings. The van der Waals surface area contributed by atoms with Gasteiger partial charge in [0.1, 0.15) is 5.75 Å². The first-order valence-electron chi connectivity index (χ1n) is 7.91. The number of fused-ring (bicyclic) bond motifs is 2. The third-order valence-corrected chi connectivity index (χ3v) is 5.15. The monoisotopic (exact) mass is 365 g/mol. The number of aromatic nitrogens is 2. The predicted octanol–water partition coefficient (Wildman–Crippen LogP) is 3.41. The van der Waals surface area contributed by atoms with Crippen LogP contribution in [0.25, 0.3) is 21.1 Å². The van der Waals surface area contributed by atoms with E-state index in [1.807, 2.05) is 42.5 Å². The molecule has 2 aromatic carbocycles. The fraction of sp³-hybridized carbons (Fsp3) is 0.105. The number of hydrogen-bond acceptors (Lipinski definition) is 5. The van der Waals surface area contributed by atoms with Gasteiger partial charge in [-0.1, -0.05) is 29.5 Å². The lowest BCUT2D eigenvalue weighted by Crippen LogP contribution is -2.21. The highest BCUT2D eigenvalue weighted by Gasteiger charge is 2.15. The van der Waals surface area contributed by atoms with Gasteiger partial charge in [0.2, 0.25) is 0 Å². The van der Waals surface area contributed by atoms with Gasteiger partial charge in [-0.05, 0) is 24.3 Å². The zero-order valence-electron chi connectivity index (χ0n) is 14.1. The van der Waals surface area contributed by atoms with Gasteiger partial charge in [0.25, 0.3) is 11.5 Å². The minimum Gasteiger partial charge on any atom is -0.497 e. The molecule has 0 radical (unpaired) electrons. The van der Waals surface area contributed by atoms with E-state index in [1.54, 1.807) is 14.2 Å². The second kappa shape index (κ2) is 6.27. The van der Waals surface area contributed by atoms with Crippen LogP contribution in [0.15, 0.2) is 53.3 Å². The minimum absolute atomic E-state index is 0.233. The van der Waals surface area contributed by atoms with Gasteiger partial charge in [0, 0.05) is 18.5 Å². The summed E-state index contributed by atoms with van der Waals surface area (Å²) in [5.74, 6) is 0.376. The minimum atomic E-state index is -0.357. The summed E-state index contributed by atoms with van der Waals surface area (Å²) in [4.78, 5) is 29.4. The van der Waals surface area contributed by atoms with Gasteiger partial charge in [0.05, 0.1) is 28.4 Å². The van der Waals surface area contributed by atoms with Gasteiger partial charge in [0.15, 0.2) is 5.13 Å². The number of carbonyl (C=O) groups excluding carboxylic acids is 1. The van der Waals surface area contributed by atoms with Crippen LogP contribution in [0, 0.1) is 0 Å². The largest absolute Gasteiger partial charge is 0.497 e. The van der Waals surface area contributed by atoms with Crippen LogP contribution in [-0.4, -0.2) is 22.6 Å². The molecule has 1 N–H and O–H groups in total. The van der Waals surface area contributed by atoms with Crippen molar-refractivity contribution in [3.63, 3.8) is 0 Å². The van der Waals surface area contributed by atoms with Gasteiger partial charge >= 0.3 is 0 Å². The number of nitrogens with zero attached hydrogens (tertiary/aromatic N) is 2. The number of pyridine rings is 1. The molecule has 4 rings (SSSR count). The maximum absolute atomic E-state index is 12.8. The Morgan fingerprint density at radius 1 is 1.19 bits per heavy atom. The van der Waals surface area contributed by atoms with E-state index in [-0.39, 0.29) is 11.5 Å². The Hall–Kier alpha value is -3.19. The number of nitrogens with one attached hydrogen (secondary N) is 1. The molecule has 0 spiro atoms. The zero-order chi connectivity index (χ0) is 18.3. The number of ether oxygens (including phenoxy) is 1. The molecule has 2 aromatic heterocycles. The number of benzene rings is 2. The molecule has 0 unspecified atom stereocenters. The Labute approximate surface area is 152 Å². The highest BCUT2D eigenvalue weighted by atomic mass is 32.1. The fourth-order valence-corrected chi connectivity index (χ4v) is 3.74. The number of anilines is 1. The first-order chi connectivity index (χ1) is 12.6. The van der Waals surface area contributed by atoms with E-state index in [2.05, 4.69) is 10.3 Å². The van der Waals surface area contributed by atoms with Gasteiger partial charge < -0.3 is 9.30 Å². The molecule has 0 atom stereocenters. The van der Waals surface area contributed by atoms with Crippen molar-refractivity contribution in [3.05, 3.63) is 64.4 Å². The van der Waals surface area contributed by atoms with Crippen molar-refractivity contribution in [2.75, 3.05) is 12.4 Å². The molecule has 6 nitrogen and oxygen atoms in total. The van der Waals surface area contributed by atoms with Gasteiger partial charge in [-0.2, -0.15) is 0 Å². The summed E-state index contributed by atoms with van der Waals surface area (Å²) in [6, 6.07) is 14.2. The van der Waals surface area contributed by atoms with Gasteiger partial charge in [-0.3, -0.25) is 14.9 Å². The number of hydrogen-bond donors (Lipinski definition) is 1. The summed E-state index contributed by atoms with van der Waals surface area (Å²) in [5.41, 5.74) is 1.59. The molecular weight excluding hydrogens is 350 g/mol. The van der Waals surface area contributed by atoms with Crippen LogP contribution in [0.1, 0.15) is 10.4 Å². The first-order valence-corrected chi connectivity index (χ1v) is 8.73. The second-order valence-electron chi connectivity index (χ2n) is 5.78. The molecule has 0 bridgehead atoms. The van der Waals surface area contributed by atoms with Gasteiger partial charge in [-0.25, -0.2) is 4.98 Å². The van der Waals surface area contributed by atoms with Crippen molar-refractivity contribution in [1.82, 2.24) is 9.55 Å². The molecule has 0 aliphatic carbocycles. The van der Waals surface area contributed by atoms with Crippen molar-refractivity contribution in [3.8, 4) is 5.75 Å². The Balaban J connectivity index is 1.74. The second-order valence-corrected chi connectivity index (χ2v) is 6.81. The lowest BCUT2D eigenvalue weighted by Gasteiger charge is -2.09. The summed E-state index contributed by atoms with van der Waals surface area (Å²) in [7, 11) is 3.29. The van der Waals surface area contributed by atoms with E-state index < -0.39 is 0 Å². The molecule has 0 saturated heterocycles. The average molecular weight is 365 g/mol. The third-order valence-electron chi connectivity index (χ3n) is 4.21. The molecular formula is C19H15N3O3S. The topological polar surface area (TPSA) is 73.2 Å². The number of para-hydroxylation sites is 1. The lowest BCUT2D eigenvalue weighted by atomic mass is 10.1. The fourth-order valence-electron chi connectivity index (χ4n) is 2.85. The average Bonchev–Trinajstić information content (AvgIpc) is 3.05. The summed E-state index contributed by atoms with van der Waals surface area (Å²) in [6.45, 7) is 0. The molecule has 130 valence electrons. The molecule has 0 aliphatic rings. The summed E-state index contributed by atoms with van der Waals surface area (Å²) >= 11 is 1.36. The van der Waals surface area contributed by atoms with E-state index in [9.17, 15) is 9.59 Å². The Bertz CT molecular complexity index is 1210. The first kappa shape index (κ1) is 16.3. The van der Waals surface area contributed by atoms with Crippen LogP contribution in [0.5, 0.6) is 5.75 Å². The number of amides is 1. The number of thiazole rings is 1. The number of methoxy groups -OCH3 is 1. The van der Waals surface area contributed by atoms with E-state index in [4.69, 9.17) is 4.74 Å². The molecule has 0 aliphatic heterocycles. The summed E-state index contributed by atoms with van der Waals surface area (Å²) in [5, 5.41) is 4.00. The normalized spacial score (nSPS) is 11.0. The Morgan fingerprint density at radius 2 is 2.00 bits per heavy atom. The summed E-state index contributed by atoms with van der Waals surface area (Å²) in [6.07, 6.45) is 0. The van der Waals surface area contributed by atoms with E-state index in [1.165, 1.54) is 22.0 Å². The van der Waals surface area contributed by atoms with Crippen LogP contribution >= 0.6 is 11.3 Å². The maximum Gasteiger partial charge on any atom is 0.258 e. The summed E-state index contributed by atoms with van der Waals surface area (Å²) < 4.78 is 7.64. The molecule has 2 heterocycles. The maximum atomic E-state index is 12.8. The highest BCUT2D eigenvalue weighted by molar-refractivity contribution is 7.22. The molecule has 0 fully saturated rings. The van der Waals surface area contributed by atoms with Crippen molar-refractivity contribution in [2.45, 2.75) is 0 Å². The van der Waals surface area contributed by atoms with Crippen molar-refractivity contribution in [1.29, 1.82) is 0 Å². The van der Waals surface area contributed by atoms with Crippen LogP contribution < -0.4 is 15.6 Å². The zero-order valence-corrected chi connectivity index (χ0v) is 15.0. The van der Waals surface area contributed by atoms with Gasteiger partial charge in [-0.15, -0.1) is 0 Å². The van der Waals surface area contributed by atoms with Crippen molar-refractivity contribution in [2.24, 2.45) is 7.05 Å².